The molecule has 198 valence electrons. The second kappa shape index (κ2) is 8.91. The fourth-order valence-electron chi connectivity index (χ4n) is 6.34. The summed E-state index contributed by atoms with van der Waals surface area (Å²) in [5.74, 6) is 1.54. The maximum atomic E-state index is 6.74. The van der Waals surface area contributed by atoms with Gasteiger partial charge in [0.25, 0.3) is 0 Å². The standard InChI is InChI=1S/C37H24N4O/c1-2-8-24(9-3-1)36-39-34-29-15-14-27(23-16-18-38-19-17-23)22-33(29)42-35(34)37(40-36)41-31-13-7-6-12-28(31)30-20-25-10-4-5-11-26(25)21-32(30)41/h1-22,36,39H/p+1. The van der Waals surface area contributed by atoms with Crippen LogP contribution in [0.3, 0.4) is 0 Å². The number of fused-ring (bicyclic) bond motifs is 7. The SMILES string of the molecule is c1ccc(C2N=C(n3c4ccccc4c4cc5ccccc5cc43)c3oc4cc(-c5cc[nH+]cc5)ccc4c3N2)cc1. The Bertz CT molecular complexity index is 2330. The lowest BCUT2D eigenvalue weighted by molar-refractivity contribution is -0.377. The molecule has 5 aromatic carbocycles. The number of furan rings is 1. The first-order chi connectivity index (χ1) is 20.8. The minimum absolute atomic E-state index is 0.268. The van der Waals surface area contributed by atoms with Crippen LogP contribution in [0.25, 0.3) is 54.7 Å². The number of nitrogens with one attached hydrogen (secondary N) is 2. The first-order valence-corrected chi connectivity index (χ1v) is 14.2. The molecular weight excluding hydrogens is 516 g/mol. The molecule has 0 saturated heterocycles. The number of H-pyrrole nitrogens is 1. The van der Waals surface area contributed by atoms with Gasteiger partial charge in [-0.05, 0) is 57.8 Å². The molecule has 0 bridgehead atoms. The Hall–Kier alpha value is -5.68. The summed E-state index contributed by atoms with van der Waals surface area (Å²) in [4.78, 5) is 8.47. The Balaban J connectivity index is 1.35. The Kier molecular flexibility index (Phi) is 4.90. The van der Waals surface area contributed by atoms with Gasteiger partial charge in [-0.2, -0.15) is 0 Å². The van der Waals surface area contributed by atoms with Crippen molar-refractivity contribution in [3.8, 4) is 11.1 Å². The van der Waals surface area contributed by atoms with Crippen LogP contribution in [0.15, 0.2) is 143 Å². The lowest BCUT2D eigenvalue weighted by Gasteiger charge is -2.24. The molecule has 9 rings (SSSR count). The summed E-state index contributed by atoms with van der Waals surface area (Å²) in [6.45, 7) is 0. The van der Waals surface area contributed by atoms with Crippen molar-refractivity contribution in [3.63, 3.8) is 0 Å². The van der Waals surface area contributed by atoms with Crippen LogP contribution in [0, 0.1) is 0 Å². The molecule has 8 aromatic rings. The summed E-state index contributed by atoms with van der Waals surface area (Å²) in [7, 11) is 0. The van der Waals surface area contributed by atoms with Crippen LogP contribution in [0.2, 0.25) is 0 Å². The number of aliphatic imine (C=N–C) groups is 1. The van der Waals surface area contributed by atoms with Crippen molar-refractivity contribution in [3.05, 3.63) is 145 Å². The van der Waals surface area contributed by atoms with E-state index in [0.717, 1.165) is 56.0 Å². The molecule has 0 aliphatic carbocycles. The predicted molar refractivity (Wildman–Crippen MR) is 170 cm³/mol. The first-order valence-electron chi connectivity index (χ1n) is 14.2. The Labute approximate surface area is 241 Å². The van der Waals surface area contributed by atoms with Gasteiger partial charge in [0.2, 0.25) is 0 Å². The fraction of sp³-hybridized carbons (Fsp3) is 0.0270. The maximum absolute atomic E-state index is 6.74. The number of hydrogen-bond acceptors (Lipinski definition) is 3. The molecular formula is C37H25N4O+. The smallest absolute Gasteiger partial charge is 0.194 e. The predicted octanol–water partition coefficient (Wildman–Crippen LogP) is 8.59. The third-order valence-corrected chi connectivity index (χ3v) is 8.34. The van der Waals surface area contributed by atoms with Crippen LogP contribution in [0.5, 0.6) is 0 Å². The van der Waals surface area contributed by atoms with Gasteiger partial charge in [0.1, 0.15) is 11.7 Å². The van der Waals surface area contributed by atoms with Crippen LogP contribution in [0.4, 0.5) is 5.69 Å². The van der Waals surface area contributed by atoms with Gasteiger partial charge in [0, 0.05) is 28.3 Å². The number of hydrogen-bond donors (Lipinski definition) is 1. The number of aromatic nitrogens is 2. The zero-order valence-electron chi connectivity index (χ0n) is 22.6. The Morgan fingerprint density at radius 2 is 1.40 bits per heavy atom. The highest BCUT2D eigenvalue weighted by atomic mass is 16.3. The molecule has 0 amide bonds. The van der Waals surface area contributed by atoms with E-state index in [1.54, 1.807) is 0 Å². The number of benzene rings is 5. The van der Waals surface area contributed by atoms with E-state index in [1.807, 2.05) is 18.5 Å². The number of rotatable bonds is 2. The van der Waals surface area contributed by atoms with Gasteiger partial charge >= 0.3 is 0 Å². The second-order valence-corrected chi connectivity index (χ2v) is 10.8. The molecule has 42 heavy (non-hydrogen) atoms. The molecule has 1 unspecified atom stereocenters. The zero-order chi connectivity index (χ0) is 27.6. The van der Waals surface area contributed by atoms with Gasteiger partial charge in [-0.3, -0.25) is 4.57 Å². The second-order valence-electron chi connectivity index (χ2n) is 10.8. The highest BCUT2D eigenvalue weighted by Crippen LogP contribution is 2.42. The molecule has 3 aromatic heterocycles. The van der Waals surface area contributed by atoms with E-state index in [-0.39, 0.29) is 6.17 Å². The zero-order valence-corrected chi connectivity index (χ0v) is 22.6. The third kappa shape index (κ3) is 3.44. The van der Waals surface area contributed by atoms with Gasteiger partial charge in [-0.25, -0.2) is 9.98 Å². The van der Waals surface area contributed by atoms with E-state index >= 15 is 0 Å². The number of nitrogens with zero attached hydrogens (tertiary/aromatic N) is 2. The van der Waals surface area contributed by atoms with E-state index in [0.29, 0.717) is 0 Å². The van der Waals surface area contributed by atoms with E-state index in [2.05, 4.69) is 130 Å². The summed E-state index contributed by atoms with van der Waals surface area (Å²) in [5.41, 5.74) is 7.32. The van der Waals surface area contributed by atoms with Crippen molar-refractivity contribution in [2.45, 2.75) is 6.17 Å². The van der Waals surface area contributed by atoms with Crippen molar-refractivity contribution in [1.29, 1.82) is 0 Å². The molecule has 5 heteroatoms. The van der Waals surface area contributed by atoms with Crippen molar-refractivity contribution >= 4 is 55.1 Å². The first kappa shape index (κ1) is 23.1. The summed E-state index contributed by atoms with van der Waals surface area (Å²) < 4.78 is 9.02. The number of anilines is 1. The van der Waals surface area contributed by atoms with Crippen LogP contribution in [0.1, 0.15) is 17.5 Å². The van der Waals surface area contributed by atoms with Gasteiger partial charge in [0.15, 0.2) is 24.0 Å². The summed E-state index contributed by atoms with van der Waals surface area (Å²) >= 11 is 0. The average molecular weight is 542 g/mol. The molecule has 0 spiro atoms. The van der Waals surface area contributed by atoms with Gasteiger partial charge in [-0.1, -0.05) is 78.9 Å². The monoisotopic (exact) mass is 541 g/mol. The molecule has 1 aliphatic heterocycles. The summed E-state index contributed by atoms with van der Waals surface area (Å²) in [6, 6.07) is 42.7. The quantitative estimate of drug-likeness (QED) is 0.238. The molecule has 4 heterocycles. The van der Waals surface area contributed by atoms with Gasteiger partial charge < -0.3 is 9.73 Å². The normalized spacial score (nSPS) is 14.8. The topological polar surface area (TPSA) is 56.6 Å². The van der Waals surface area contributed by atoms with Crippen LogP contribution < -0.4 is 10.3 Å². The van der Waals surface area contributed by atoms with Crippen LogP contribution in [-0.2, 0) is 0 Å². The number of para-hydroxylation sites is 1. The molecule has 0 radical (unpaired) electrons. The summed E-state index contributed by atoms with van der Waals surface area (Å²) in [5, 5.41) is 9.55. The van der Waals surface area contributed by atoms with Crippen molar-refractivity contribution < 1.29 is 9.40 Å². The third-order valence-electron chi connectivity index (χ3n) is 8.34. The molecule has 0 saturated carbocycles. The lowest BCUT2D eigenvalue weighted by Crippen LogP contribution is -2.23. The van der Waals surface area contributed by atoms with E-state index in [9.17, 15) is 0 Å². The van der Waals surface area contributed by atoms with Crippen molar-refractivity contribution in [2.24, 2.45) is 4.99 Å². The molecule has 1 aliphatic rings. The van der Waals surface area contributed by atoms with Gasteiger partial charge in [0.05, 0.1) is 16.7 Å². The van der Waals surface area contributed by atoms with E-state index in [4.69, 9.17) is 9.41 Å². The van der Waals surface area contributed by atoms with E-state index < -0.39 is 0 Å². The Morgan fingerprint density at radius 3 is 2.26 bits per heavy atom. The Morgan fingerprint density at radius 1 is 0.643 bits per heavy atom. The summed E-state index contributed by atoms with van der Waals surface area (Å²) in [6.07, 6.45) is 3.61. The van der Waals surface area contributed by atoms with Crippen LogP contribution >= 0.6 is 0 Å². The highest BCUT2D eigenvalue weighted by Gasteiger charge is 2.30. The lowest BCUT2D eigenvalue weighted by atomic mass is 10.0. The molecule has 0 fully saturated rings. The molecule has 5 nitrogen and oxygen atoms in total. The van der Waals surface area contributed by atoms with Crippen molar-refractivity contribution in [1.82, 2.24) is 4.57 Å². The fourth-order valence-corrected chi connectivity index (χ4v) is 6.34. The average Bonchev–Trinajstić information content (AvgIpc) is 3.59. The molecule has 2 N–H and O–H groups in total. The van der Waals surface area contributed by atoms with Gasteiger partial charge in [-0.15, -0.1) is 0 Å². The number of aromatic amines is 1. The molecule has 1 atom stereocenters. The van der Waals surface area contributed by atoms with Crippen LogP contribution in [-0.4, -0.2) is 10.4 Å². The highest BCUT2D eigenvalue weighted by molar-refractivity contribution is 6.22. The van der Waals surface area contributed by atoms with E-state index in [1.165, 1.54) is 21.5 Å². The van der Waals surface area contributed by atoms with Crippen molar-refractivity contribution in [2.75, 3.05) is 5.32 Å². The maximum Gasteiger partial charge on any atom is 0.194 e. The minimum Gasteiger partial charge on any atom is -0.450 e. The largest absolute Gasteiger partial charge is 0.450 e. The number of pyridine rings is 1. The minimum atomic E-state index is -0.268.